The third-order valence-corrected chi connectivity index (χ3v) is 9.48. The number of carbonyl (C=O) groups is 3. The Morgan fingerprint density at radius 2 is 1.44 bits per heavy atom. The highest BCUT2D eigenvalue weighted by molar-refractivity contribution is 7.89. The quantitative estimate of drug-likeness (QED) is 0.306. The molecule has 0 aromatic heterocycles. The van der Waals surface area contributed by atoms with Crippen LogP contribution in [0.5, 0.6) is 0 Å². The van der Waals surface area contributed by atoms with E-state index in [2.05, 4.69) is 4.90 Å². The van der Waals surface area contributed by atoms with Gasteiger partial charge in [0.1, 0.15) is 6.61 Å². The lowest BCUT2D eigenvalue weighted by atomic mass is 9.92. The Balaban J connectivity index is 1.13. The minimum atomic E-state index is -3.69. The second-order valence-corrected chi connectivity index (χ2v) is 11.8. The van der Waals surface area contributed by atoms with Gasteiger partial charge in [0, 0.05) is 53.8 Å². The third kappa shape index (κ3) is 5.08. The Hall–Kier alpha value is -3.84. The number of ether oxygens (including phenoxy) is 3. The fourth-order valence-corrected chi connectivity index (χ4v) is 6.83. The molecule has 0 saturated carbocycles. The number of hydrogen-bond acceptors (Lipinski definition) is 9. The maximum Gasteiger partial charge on any atom is 0.338 e. The number of hydrogen-bond donors (Lipinski definition) is 0. The number of carbonyl (C=O) groups excluding carboxylic acids is 3. The number of anilines is 1. The largest absolute Gasteiger partial charge is 0.460 e. The molecule has 0 N–H and O–H groups in total. The molecule has 41 heavy (non-hydrogen) atoms. The van der Waals surface area contributed by atoms with E-state index in [1.807, 2.05) is 12.1 Å². The van der Waals surface area contributed by atoms with Crippen LogP contribution in [0.3, 0.4) is 0 Å². The van der Waals surface area contributed by atoms with Gasteiger partial charge in [-0.1, -0.05) is 12.1 Å². The topological polar surface area (TPSA) is 123 Å². The fourth-order valence-electron chi connectivity index (χ4n) is 5.43. The van der Waals surface area contributed by atoms with Gasteiger partial charge in [-0.25, -0.2) is 13.2 Å². The van der Waals surface area contributed by atoms with Crippen molar-refractivity contribution in [2.75, 3.05) is 70.7 Å². The molecule has 3 aromatic rings. The molecule has 0 unspecified atom stereocenters. The molecule has 2 fully saturated rings. The third-order valence-electron chi connectivity index (χ3n) is 7.57. The fraction of sp³-hybridized carbons (Fsp3) is 0.345. The minimum Gasteiger partial charge on any atom is -0.460 e. The van der Waals surface area contributed by atoms with Gasteiger partial charge in [-0.05, 0) is 42.5 Å². The summed E-state index contributed by atoms with van der Waals surface area (Å²) < 4.78 is 43.0. The summed E-state index contributed by atoms with van der Waals surface area (Å²) in [4.78, 5) is 42.8. The highest BCUT2D eigenvalue weighted by Crippen LogP contribution is 2.36. The molecule has 0 radical (unpaired) electrons. The van der Waals surface area contributed by atoms with Gasteiger partial charge in [-0.3, -0.25) is 14.5 Å². The molecular formula is C29H29N3O8S. The molecule has 2 saturated heterocycles. The molecule has 0 spiro atoms. The van der Waals surface area contributed by atoms with E-state index in [-0.39, 0.29) is 36.7 Å². The van der Waals surface area contributed by atoms with Crippen molar-refractivity contribution >= 4 is 44.3 Å². The number of imide groups is 1. The van der Waals surface area contributed by atoms with Gasteiger partial charge >= 0.3 is 5.97 Å². The second-order valence-electron chi connectivity index (χ2n) is 9.90. The van der Waals surface area contributed by atoms with E-state index in [1.165, 1.54) is 28.6 Å². The highest BCUT2D eigenvalue weighted by atomic mass is 32.2. The zero-order valence-corrected chi connectivity index (χ0v) is 23.1. The molecule has 11 nitrogen and oxygen atoms in total. The Bertz CT molecular complexity index is 1590. The number of nitrogens with zero attached hydrogens (tertiary/aromatic N) is 3. The van der Waals surface area contributed by atoms with Crippen LogP contribution in [-0.2, 0) is 24.2 Å². The number of rotatable bonds is 7. The van der Waals surface area contributed by atoms with Gasteiger partial charge in [0.25, 0.3) is 11.8 Å². The smallest absolute Gasteiger partial charge is 0.338 e. The summed E-state index contributed by atoms with van der Waals surface area (Å²) in [7, 11) is -3.69. The second kappa shape index (κ2) is 11.2. The van der Waals surface area contributed by atoms with Crippen molar-refractivity contribution in [3.05, 3.63) is 71.3 Å². The Kier molecular flexibility index (Phi) is 7.47. The highest BCUT2D eigenvalue weighted by Gasteiger charge is 2.34. The number of sulfonamides is 1. The van der Waals surface area contributed by atoms with Gasteiger partial charge < -0.3 is 19.1 Å². The lowest BCUT2D eigenvalue weighted by molar-refractivity contribution is 0.0405. The lowest BCUT2D eigenvalue weighted by Crippen LogP contribution is -2.42. The molecule has 6 rings (SSSR count). The molecule has 0 aliphatic carbocycles. The molecule has 12 heteroatoms. The van der Waals surface area contributed by atoms with E-state index in [9.17, 15) is 22.8 Å². The predicted octanol–water partition coefficient (Wildman–Crippen LogP) is 2.15. The number of morpholine rings is 2. The van der Waals surface area contributed by atoms with Crippen LogP contribution in [-0.4, -0.2) is 101 Å². The molecule has 3 aliphatic heterocycles. The van der Waals surface area contributed by atoms with Crippen LogP contribution in [0.25, 0.3) is 10.8 Å². The normalized spacial score (nSPS) is 18.1. The van der Waals surface area contributed by atoms with Crippen LogP contribution < -0.4 is 4.90 Å². The van der Waals surface area contributed by atoms with Crippen molar-refractivity contribution in [1.29, 1.82) is 0 Å². The molecule has 2 amide bonds. The minimum absolute atomic E-state index is 0.0741. The first-order valence-corrected chi connectivity index (χ1v) is 14.9. The summed E-state index contributed by atoms with van der Waals surface area (Å²) in [5.41, 5.74) is 1.97. The van der Waals surface area contributed by atoms with Crippen molar-refractivity contribution in [1.82, 2.24) is 9.21 Å². The van der Waals surface area contributed by atoms with E-state index in [0.29, 0.717) is 42.9 Å². The monoisotopic (exact) mass is 579 g/mol. The Morgan fingerprint density at radius 3 is 2.12 bits per heavy atom. The first-order valence-electron chi connectivity index (χ1n) is 13.5. The average molecular weight is 580 g/mol. The summed E-state index contributed by atoms with van der Waals surface area (Å²) in [6.07, 6.45) is 0. The van der Waals surface area contributed by atoms with Crippen LogP contribution in [0.2, 0.25) is 0 Å². The molecule has 214 valence electrons. The predicted molar refractivity (Wildman–Crippen MR) is 149 cm³/mol. The number of amides is 2. The van der Waals surface area contributed by atoms with Crippen molar-refractivity contribution in [2.24, 2.45) is 0 Å². The summed E-state index contributed by atoms with van der Waals surface area (Å²) in [6.45, 7) is 3.58. The Morgan fingerprint density at radius 1 is 0.805 bits per heavy atom. The van der Waals surface area contributed by atoms with Crippen molar-refractivity contribution in [3.63, 3.8) is 0 Å². The van der Waals surface area contributed by atoms with E-state index in [4.69, 9.17) is 14.2 Å². The molecule has 3 aliphatic rings. The van der Waals surface area contributed by atoms with Gasteiger partial charge in [-0.15, -0.1) is 0 Å². The van der Waals surface area contributed by atoms with E-state index in [0.717, 1.165) is 29.1 Å². The lowest BCUT2D eigenvalue weighted by Gasteiger charge is -2.32. The molecule has 3 aromatic carbocycles. The van der Waals surface area contributed by atoms with Gasteiger partial charge in [-0.2, -0.15) is 4.31 Å². The zero-order valence-electron chi connectivity index (χ0n) is 22.3. The first kappa shape index (κ1) is 27.3. The van der Waals surface area contributed by atoms with Crippen LogP contribution >= 0.6 is 0 Å². The summed E-state index contributed by atoms with van der Waals surface area (Å²) in [6, 6.07) is 14.6. The first-order chi connectivity index (χ1) is 19.9. The van der Waals surface area contributed by atoms with Gasteiger partial charge in [0.2, 0.25) is 10.0 Å². The molecule has 3 heterocycles. The van der Waals surface area contributed by atoms with Crippen LogP contribution in [0, 0.1) is 0 Å². The maximum atomic E-state index is 13.4. The average Bonchev–Trinajstić information content (AvgIpc) is 3.02. The van der Waals surface area contributed by atoms with Crippen molar-refractivity contribution < 1.29 is 37.0 Å². The zero-order chi connectivity index (χ0) is 28.6. The summed E-state index contributed by atoms with van der Waals surface area (Å²) in [5, 5.41) is 1.47. The maximum absolute atomic E-state index is 13.4. The summed E-state index contributed by atoms with van der Waals surface area (Å²) in [5.74, 6) is -1.57. The SMILES string of the molecule is O=C(OCCN1C(=O)c2cccc3c(N4CCOCC4)ccc(c23)C1=O)c1ccc(S(=O)(=O)N2CCOCC2)cc1. The van der Waals surface area contributed by atoms with Crippen LogP contribution in [0.4, 0.5) is 5.69 Å². The van der Waals surface area contributed by atoms with Crippen LogP contribution in [0.1, 0.15) is 31.1 Å². The number of esters is 1. The van der Waals surface area contributed by atoms with Crippen molar-refractivity contribution in [2.45, 2.75) is 4.90 Å². The van der Waals surface area contributed by atoms with Gasteiger partial charge in [0.05, 0.1) is 43.4 Å². The Labute approximate surface area is 237 Å². The molecule has 0 atom stereocenters. The van der Waals surface area contributed by atoms with E-state index >= 15 is 0 Å². The summed E-state index contributed by atoms with van der Waals surface area (Å²) >= 11 is 0. The van der Waals surface area contributed by atoms with Gasteiger partial charge in [0.15, 0.2) is 0 Å². The van der Waals surface area contributed by atoms with E-state index in [1.54, 1.807) is 18.2 Å². The number of benzene rings is 3. The van der Waals surface area contributed by atoms with Crippen molar-refractivity contribution in [3.8, 4) is 0 Å². The molecular weight excluding hydrogens is 550 g/mol. The van der Waals surface area contributed by atoms with E-state index < -0.39 is 27.8 Å². The molecule has 0 bridgehead atoms. The standard InChI is InChI=1S/C29H29N3O8S/c33-27-23-3-1-2-22-25(30-10-15-38-16-11-30)9-8-24(26(22)23)28(34)32(27)14-19-40-29(35)20-4-6-21(7-5-20)41(36,37)31-12-17-39-18-13-31/h1-9H,10-19H2. The van der Waals surface area contributed by atoms with Crippen LogP contribution in [0.15, 0.2) is 59.5 Å².